The minimum absolute atomic E-state index is 0.00753. The smallest absolute Gasteiger partial charge is 0.414 e. The molecule has 22 atom stereocenters. The summed E-state index contributed by atoms with van der Waals surface area (Å²) in [6.45, 7) is 27.9. The van der Waals surface area contributed by atoms with Gasteiger partial charge in [0.2, 0.25) is 11.8 Å². The summed E-state index contributed by atoms with van der Waals surface area (Å²) in [6, 6.07) is 0. The van der Waals surface area contributed by atoms with Gasteiger partial charge >= 0.3 is 12.2 Å². The van der Waals surface area contributed by atoms with E-state index in [1.54, 1.807) is 7.11 Å². The number of nitrogens with zero attached hydrogens (tertiary/aromatic N) is 2. The molecule has 3 N–H and O–H groups in total. The topological polar surface area (TPSA) is 199 Å². The van der Waals surface area contributed by atoms with Gasteiger partial charge in [-0.2, -0.15) is 0 Å². The molecule has 0 spiro atoms. The molecule has 6 aliphatic carbocycles. The second-order valence-corrected chi connectivity index (χ2v) is 27.1. The lowest BCUT2D eigenvalue weighted by atomic mass is 9.44. The molecule has 16 nitrogen and oxygen atoms in total. The first-order valence-corrected chi connectivity index (χ1v) is 29.4. The molecule has 75 heavy (non-hydrogen) atoms. The number of piperidine rings is 2. The highest BCUT2D eigenvalue weighted by Gasteiger charge is 2.70. The van der Waals surface area contributed by atoms with Crippen LogP contribution in [-0.2, 0) is 42.9 Å². The number of alkyl carbamates (subject to hydrolysis) is 2. The highest BCUT2D eigenvalue weighted by Crippen LogP contribution is 2.70. The lowest BCUT2D eigenvalue weighted by molar-refractivity contribution is -0.205. The van der Waals surface area contributed by atoms with Gasteiger partial charge in [0.1, 0.15) is 23.8 Å². The van der Waals surface area contributed by atoms with E-state index in [9.17, 15) is 33.9 Å². The molecule has 0 aromatic rings. The van der Waals surface area contributed by atoms with Crippen molar-refractivity contribution in [3.63, 3.8) is 0 Å². The van der Waals surface area contributed by atoms with Gasteiger partial charge < -0.3 is 38.6 Å². The van der Waals surface area contributed by atoms with Crippen molar-refractivity contribution in [3.05, 3.63) is 0 Å². The Morgan fingerprint density at radius 2 is 1.19 bits per heavy atom. The minimum Gasteiger partial charge on any atom is -0.445 e. The molecule has 4 amide bonds. The summed E-state index contributed by atoms with van der Waals surface area (Å²) in [5, 5.41) is 17.0. The largest absolute Gasteiger partial charge is 0.445 e. The van der Waals surface area contributed by atoms with Crippen LogP contribution in [0.2, 0.25) is 0 Å². The Bertz CT molecular complexity index is 2200. The molecule has 10 fully saturated rings. The quantitative estimate of drug-likeness (QED) is 0.184. The zero-order chi connectivity index (χ0) is 54.2. The van der Waals surface area contributed by atoms with E-state index < -0.39 is 52.2 Å². The maximum atomic E-state index is 14.3. The standard InChI is InChI=1S/C30H48N2O6.C29H46N2O6/c1-7-37-17-28(4)14-23(38-27(35)31-26(34)21-16-32-13-10-20(21)15-32)29(5)18(2)8-11-30(19(3)25(28)33)12-9-22(36-6)24(29)30;1-6-36-16-27(4)13-22(37-26(35)30-25(34)20-15-31-12-9-19(20)14-31)28(5)17(2)7-10-29(18(3)24(27)33)11-8-21(32)23(28)29/h18-24H,7-17H2,1-6H3,(H,31,34,35);17-20,22-24,33H,6-16H2,1-5H3,(H,30,34,35)/t18-,19+,20-,21+,22-,23-,24?,28+,29+,30?;17-,18+,19-,20+,22-,23?,24+,27+,28+,29?/m11/s1. The lowest BCUT2D eigenvalue weighted by Gasteiger charge is -2.62. The Hall–Kier alpha value is -3.02. The molecule has 8 bridgehead atoms. The van der Waals surface area contributed by atoms with Crippen LogP contribution in [0, 0.1) is 91.7 Å². The molecular formula is C59H94N4O12. The first-order chi connectivity index (χ1) is 35.5. The number of fused-ring (bicyclic) bond motifs is 4. The van der Waals surface area contributed by atoms with Gasteiger partial charge in [-0.05, 0) is 138 Å². The average molecular weight is 1050 g/mol. The number of carbonyl (C=O) groups is 6. The highest BCUT2D eigenvalue weighted by atomic mass is 16.6. The fraction of sp³-hybridized carbons (Fsp3) is 0.898. The Labute approximate surface area is 447 Å². The summed E-state index contributed by atoms with van der Waals surface area (Å²) in [4.78, 5) is 85.1. The first kappa shape index (κ1) is 56.7. The molecular weight excluding hydrogens is 957 g/mol. The molecule has 4 saturated heterocycles. The normalized spacial score (nSPS) is 48.3. The Kier molecular flexibility index (Phi) is 16.0. The van der Waals surface area contributed by atoms with Gasteiger partial charge in [0.15, 0.2) is 0 Å². The Morgan fingerprint density at radius 1 is 0.667 bits per heavy atom. The molecule has 10 rings (SSSR count). The summed E-state index contributed by atoms with van der Waals surface area (Å²) in [7, 11) is 1.77. The van der Waals surface area contributed by atoms with Gasteiger partial charge in [0.05, 0.1) is 42.7 Å². The van der Waals surface area contributed by atoms with Crippen LogP contribution in [0.1, 0.15) is 146 Å². The number of amides is 4. The van der Waals surface area contributed by atoms with Gasteiger partial charge in [0.25, 0.3) is 0 Å². The zero-order valence-electron chi connectivity index (χ0n) is 47.5. The maximum absolute atomic E-state index is 14.3. The van der Waals surface area contributed by atoms with Crippen LogP contribution >= 0.6 is 0 Å². The van der Waals surface area contributed by atoms with Crippen molar-refractivity contribution in [2.75, 3.05) is 72.8 Å². The van der Waals surface area contributed by atoms with Crippen molar-refractivity contribution in [1.82, 2.24) is 20.4 Å². The molecule has 422 valence electrons. The predicted octanol–water partition coefficient (Wildman–Crippen LogP) is 7.46. The third kappa shape index (κ3) is 9.46. The average Bonchev–Trinajstić information content (AvgIpc) is 4.28. The first-order valence-electron chi connectivity index (χ1n) is 29.4. The third-order valence-electron chi connectivity index (χ3n) is 23.6. The van der Waals surface area contributed by atoms with Gasteiger partial charge in [-0.25, -0.2) is 9.59 Å². The van der Waals surface area contributed by atoms with Crippen LogP contribution in [0.3, 0.4) is 0 Å². The van der Waals surface area contributed by atoms with Crippen molar-refractivity contribution in [3.8, 4) is 0 Å². The summed E-state index contributed by atoms with van der Waals surface area (Å²) in [5.74, 6) is 0.210. The summed E-state index contributed by atoms with van der Waals surface area (Å²) >= 11 is 0. The molecule has 0 aromatic carbocycles. The van der Waals surface area contributed by atoms with Crippen molar-refractivity contribution in [1.29, 1.82) is 0 Å². The lowest BCUT2D eigenvalue weighted by Crippen LogP contribution is -2.64. The maximum Gasteiger partial charge on any atom is 0.414 e. The molecule has 0 aromatic heterocycles. The molecule has 4 aliphatic heterocycles. The van der Waals surface area contributed by atoms with E-state index >= 15 is 0 Å². The van der Waals surface area contributed by atoms with Crippen molar-refractivity contribution < 1.29 is 57.6 Å². The van der Waals surface area contributed by atoms with Crippen LogP contribution in [-0.4, -0.2) is 148 Å². The number of aliphatic hydroxyl groups is 1. The van der Waals surface area contributed by atoms with Crippen LogP contribution in [0.25, 0.3) is 0 Å². The van der Waals surface area contributed by atoms with Gasteiger partial charge in [-0.1, -0.05) is 55.4 Å². The monoisotopic (exact) mass is 1050 g/mol. The number of methoxy groups -OCH3 is 1. The summed E-state index contributed by atoms with van der Waals surface area (Å²) in [6.07, 6.45) is 6.32. The zero-order valence-corrected chi connectivity index (χ0v) is 47.5. The minimum atomic E-state index is -0.788. The Morgan fingerprint density at radius 3 is 1.71 bits per heavy atom. The molecule has 4 heterocycles. The van der Waals surface area contributed by atoms with Gasteiger partial charge in [0, 0.05) is 86.9 Å². The fourth-order valence-electron chi connectivity index (χ4n) is 18.8. The number of rotatable bonds is 11. The van der Waals surface area contributed by atoms with E-state index in [0.29, 0.717) is 70.6 Å². The SMILES string of the molecule is CCOC[C@]1(C)C[C@@H](OC(=O)NC(=O)[C@H]2CN3CC[C@@H]2C3)[C@@]2(C)C3C(=O)CCC3(CC[C@H]2C)[C@@H](C)[C@@H]1O.CCOC[C@]1(C)C[C@@H](OC(=O)NC(=O)[C@H]2CN3CC[C@@H]2C3)[C@@]2(C)C3[C@H](OC)CCC3(CC[C@H]2C)[C@@H](C)C1=O. The molecule has 6 unspecified atom stereocenters. The fourth-order valence-corrected chi connectivity index (χ4v) is 18.8. The highest BCUT2D eigenvalue weighted by molar-refractivity contribution is 5.94. The second-order valence-electron chi connectivity index (χ2n) is 27.1. The number of ketones is 2. The number of aliphatic hydroxyl groups excluding tert-OH is 1. The van der Waals surface area contributed by atoms with E-state index in [1.165, 1.54) is 0 Å². The molecule has 0 radical (unpaired) electrons. The molecule has 10 aliphatic rings. The van der Waals surface area contributed by atoms with Crippen LogP contribution < -0.4 is 10.6 Å². The van der Waals surface area contributed by atoms with E-state index in [1.807, 2.05) is 27.7 Å². The van der Waals surface area contributed by atoms with Gasteiger partial charge in [-0.15, -0.1) is 0 Å². The number of hydrogen-bond acceptors (Lipinski definition) is 14. The van der Waals surface area contributed by atoms with Gasteiger partial charge in [-0.3, -0.25) is 29.8 Å². The van der Waals surface area contributed by atoms with E-state index in [0.717, 1.165) is 84.0 Å². The number of imide groups is 2. The van der Waals surface area contributed by atoms with Crippen LogP contribution in [0.4, 0.5) is 9.59 Å². The predicted molar refractivity (Wildman–Crippen MR) is 280 cm³/mol. The number of nitrogens with one attached hydrogen (secondary N) is 2. The summed E-state index contributed by atoms with van der Waals surface area (Å²) < 4.78 is 30.3. The van der Waals surface area contributed by atoms with E-state index in [2.05, 4.69) is 62.0 Å². The van der Waals surface area contributed by atoms with E-state index in [-0.39, 0.29) is 87.7 Å². The van der Waals surface area contributed by atoms with Crippen molar-refractivity contribution in [2.24, 2.45) is 91.7 Å². The molecule has 16 heteroatoms. The van der Waals surface area contributed by atoms with Crippen molar-refractivity contribution >= 4 is 35.6 Å². The molecule has 6 saturated carbocycles. The van der Waals surface area contributed by atoms with Crippen LogP contribution in [0.5, 0.6) is 0 Å². The summed E-state index contributed by atoms with van der Waals surface area (Å²) in [5.41, 5.74) is -2.97. The van der Waals surface area contributed by atoms with Crippen molar-refractivity contribution in [2.45, 2.75) is 171 Å². The second kappa shape index (κ2) is 21.2. The number of carbonyl (C=O) groups excluding carboxylic acids is 6. The third-order valence-corrected chi connectivity index (χ3v) is 23.6. The number of ether oxygens (including phenoxy) is 5. The number of hydrogen-bond donors (Lipinski definition) is 3. The Balaban J connectivity index is 0.000000184. The van der Waals surface area contributed by atoms with Crippen LogP contribution in [0.15, 0.2) is 0 Å². The van der Waals surface area contributed by atoms with E-state index in [4.69, 9.17) is 23.7 Å². The number of Topliss-reactive ketones (excluding diaryl/α,β-unsaturated/α-hetero) is 2.